The van der Waals surface area contributed by atoms with Crippen LogP contribution < -0.4 is 5.32 Å². The standard InChI is InChI=1S/C23H16Cl2N2O2/c24-20-8-6-16(11-21(20)25)27-23(28)15(13-26)10-17-7-9-22(29-17)19-12-18(19)14-4-2-1-3-5-14/h1-11,18-19H,12H2,(H,27,28)/b15-10+/t18-,19-/m0/s1. The number of benzene rings is 2. The summed E-state index contributed by atoms with van der Waals surface area (Å²) >= 11 is 11.8. The van der Waals surface area contributed by atoms with Crippen molar-refractivity contribution in [2.75, 3.05) is 5.32 Å². The van der Waals surface area contributed by atoms with E-state index in [1.54, 1.807) is 18.2 Å². The highest BCUT2D eigenvalue weighted by atomic mass is 35.5. The van der Waals surface area contributed by atoms with E-state index in [9.17, 15) is 10.1 Å². The summed E-state index contributed by atoms with van der Waals surface area (Å²) in [4.78, 5) is 12.4. The molecule has 3 aromatic rings. The van der Waals surface area contributed by atoms with Gasteiger partial charge in [-0.1, -0.05) is 53.5 Å². The first kappa shape index (κ1) is 19.3. The van der Waals surface area contributed by atoms with Crippen molar-refractivity contribution < 1.29 is 9.21 Å². The molecule has 2 atom stereocenters. The van der Waals surface area contributed by atoms with Crippen LogP contribution in [0.3, 0.4) is 0 Å². The molecule has 1 N–H and O–H groups in total. The van der Waals surface area contributed by atoms with Crippen LogP contribution in [0, 0.1) is 11.3 Å². The highest BCUT2D eigenvalue weighted by Crippen LogP contribution is 2.54. The predicted molar refractivity (Wildman–Crippen MR) is 114 cm³/mol. The van der Waals surface area contributed by atoms with Crippen molar-refractivity contribution >= 4 is 40.9 Å². The summed E-state index contributed by atoms with van der Waals surface area (Å²) in [6.45, 7) is 0. The lowest BCUT2D eigenvalue weighted by molar-refractivity contribution is -0.112. The maximum absolute atomic E-state index is 12.4. The number of hydrogen-bond acceptors (Lipinski definition) is 3. The quantitative estimate of drug-likeness (QED) is 0.381. The van der Waals surface area contributed by atoms with Crippen LogP contribution in [0.4, 0.5) is 5.69 Å². The van der Waals surface area contributed by atoms with Gasteiger partial charge in [0.2, 0.25) is 0 Å². The lowest BCUT2D eigenvalue weighted by Crippen LogP contribution is -2.13. The molecule has 0 spiro atoms. The maximum Gasteiger partial charge on any atom is 0.266 e. The molecule has 0 bridgehead atoms. The first-order valence-corrected chi connectivity index (χ1v) is 9.83. The van der Waals surface area contributed by atoms with Crippen molar-refractivity contribution in [3.8, 4) is 6.07 Å². The van der Waals surface area contributed by atoms with Crippen LogP contribution in [0.25, 0.3) is 6.08 Å². The Kier molecular flexibility index (Phi) is 5.44. The van der Waals surface area contributed by atoms with Crippen LogP contribution in [-0.4, -0.2) is 5.91 Å². The Labute approximate surface area is 178 Å². The smallest absolute Gasteiger partial charge is 0.266 e. The Bertz CT molecular complexity index is 1130. The molecule has 0 radical (unpaired) electrons. The van der Waals surface area contributed by atoms with Crippen molar-refractivity contribution in [1.82, 2.24) is 0 Å². The van der Waals surface area contributed by atoms with Crippen LogP contribution in [-0.2, 0) is 4.79 Å². The number of carbonyl (C=O) groups excluding carboxylic acids is 1. The molecule has 29 heavy (non-hydrogen) atoms. The average Bonchev–Trinajstić information content (AvgIpc) is 3.40. The lowest BCUT2D eigenvalue weighted by Gasteiger charge is -2.05. The van der Waals surface area contributed by atoms with E-state index in [-0.39, 0.29) is 5.57 Å². The number of halogens is 2. The first-order chi connectivity index (χ1) is 14.0. The van der Waals surface area contributed by atoms with E-state index in [4.69, 9.17) is 27.6 Å². The van der Waals surface area contributed by atoms with Crippen molar-refractivity contribution in [1.29, 1.82) is 5.26 Å². The van der Waals surface area contributed by atoms with Gasteiger partial charge in [0.1, 0.15) is 23.2 Å². The molecule has 2 aromatic carbocycles. The molecule has 0 aliphatic heterocycles. The Morgan fingerprint density at radius 3 is 2.59 bits per heavy atom. The largest absolute Gasteiger partial charge is 0.461 e. The van der Waals surface area contributed by atoms with Gasteiger partial charge < -0.3 is 9.73 Å². The van der Waals surface area contributed by atoms with Gasteiger partial charge >= 0.3 is 0 Å². The predicted octanol–water partition coefficient (Wildman–Crippen LogP) is 6.40. The molecule has 0 saturated heterocycles. The fraction of sp³-hybridized carbons (Fsp3) is 0.130. The molecule has 4 rings (SSSR count). The van der Waals surface area contributed by atoms with Crippen LogP contribution >= 0.6 is 23.2 Å². The summed E-state index contributed by atoms with van der Waals surface area (Å²) in [7, 11) is 0. The average molecular weight is 423 g/mol. The zero-order valence-electron chi connectivity index (χ0n) is 15.2. The fourth-order valence-corrected chi connectivity index (χ4v) is 3.58. The van der Waals surface area contributed by atoms with Crippen LogP contribution in [0.2, 0.25) is 10.0 Å². The Balaban J connectivity index is 1.46. The third kappa shape index (κ3) is 4.37. The number of carbonyl (C=O) groups is 1. The third-order valence-corrected chi connectivity index (χ3v) is 5.60. The molecule has 1 saturated carbocycles. The minimum absolute atomic E-state index is 0.0626. The third-order valence-electron chi connectivity index (χ3n) is 4.86. The second-order valence-electron chi connectivity index (χ2n) is 6.85. The van der Waals surface area contributed by atoms with Crippen molar-refractivity contribution in [2.24, 2.45) is 0 Å². The van der Waals surface area contributed by atoms with Gasteiger partial charge in [-0.3, -0.25) is 4.79 Å². The molecule has 1 aromatic heterocycles. The monoisotopic (exact) mass is 422 g/mol. The van der Waals surface area contributed by atoms with Gasteiger partial charge in [-0.25, -0.2) is 0 Å². The molecule has 1 aliphatic rings. The maximum atomic E-state index is 12.4. The number of nitrogens with one attached hydrogen (secondary N) is 1. The van der Waals surface area contributed by atoms with Crippen LogP contribution in [0.15, 0.2) is 70.7 Å². The van der Waals surface area contributed by atoms with E-state index >= 15 is 0 Å². The topological polar surface area (TPSA) is 66.0 Å². The highest BCUT2D eigenvalue weighted by Gasteiger charge is 2.41. The van der Waals surface area contributed by atoms with Crippen molar-refractivity contribution in [3.63, 3.8) is 0 Å². The van der Waals surface area contributed by atoms with Gasteiger partial charge in [0.15, 0.2) is 0 Å². The number of nitrogens with zero attached hydrogens (tertiary/aromatic N) is 1. The number of anilines is 1. The van der Waals surface area contributed by atoms with Crippen molar-refractivity contribution in [3.05, 3.63) is 93.4 Å². The summed E-state index contributed by atoms with van der Waals surface area (Å²) in [6, 6.07) is 20.6. The minimum atomic E-state index is -0.544. The Morgan fingerprint density at radius 2 is 1.86 bits per heavy atom. The number of amides is 1. The normalized spacial score (nSPS) is 18.2. The molecule has 4 nitrogen and oxygen atoms in total. The Hall–Kier alpha value is -3.00. The van der Waals surface area contributed by atoms with Gasteiger partial charge in [0, 0.05) is 17.7 Å². The summed E-state index contributed by atoms with van der Waals surface area (Å²) in [5.41, 5.74) is 1.69. The van der Waals surface area contributed by atoms with E-state index in [1.807, 2.05) is 30.3 Å². The van der Waals surface area contributed by atoms with Gasteiger partial charge in [0.05, 0.1) is 10.0 Å². The van der Waals surface area contributed by atoms with Gasteiger partial charge in [-0.15, -0.1) is 0 Å². The zero-order chi connectivity index (χ0) is 20.4. The van der Waals surface area contributed by atoms with Gasteiger partial charge in [-0.05, 0) is 48.2 Å². The molecule has 0 unspecified atom stereocenters. The lowest BCUT2D eigenvalue weighted by atomic mass is 10.1. The van der Waals surface area contributed by atoms with E-state index in [2.05, 4.69) is 17.4 Å². The molecular weight excluding hydrogens is 407 g/mol. The SMILES string of the molecule is N#C/C(=C\c1ccc([C@H]2C[C@H]2c2ccccc2)o1)C(=O)Nc1ccc(Cl)c(Cl)c1. The molecule has 1 fully saturated rings. The number of furan rings is 1. The van der Waals surface area contributed by atoms with E-state index in [0.717, 1.165) is 12.2 Å². The molecule has 1 heterocycles. The van der Waals surface area contributed by atoms with E-state index in [0.29, 0.717) is 33.3 Å². The molecule has 1 aliphatic carbocycles. The van der Waals surface area contributed by atoms with E-state index in [1.165, 1.54) is 17.7 Å². The Morgan fingerprint density at radius 1 is 1.07 bits per heavy atom. The zero-order valence-corrected chi connectivity index (χ0v) is 16.7. The number of hydrogen-bond donors (Lipinski definition) is 1. The molecule has 1 amide bonds. The minimum Gasteiger partial charge on any atom is -0.461 e. The second kappa shape index (κ2) is 8.16. The van der Waals surface area contributed by atoms with Crippen molar-refractivity contribution in [2.45, 2.75) is 18.3 Å². The fourth-order valence-electron chi connectivity index (χ4n) is 3.29. The summed E-state index contributed by atoms with van der Waals surface area (Å²) in [6.07, 6.45) is 2.47. The van der Waals surface area contributed by atoms with Gasteiger partial charge in [-0.2, -0.15) is 5.26 Å². The summed E-state index contributed by atoms with van der Waals surface area (Å²) < 4.78 is 5.88. The van der Waals surface area contributed by atoms with Crippen LogP contribution in [0.5, 0.6) is 0 Å². The highest BCUT2D eigenvalue weighted by molar-refractivity contribution is 6.42. The van der Waals surface area contributed by atoms with Crippen LogP contribution in [0.1, 0.15) is 35.3 Å². The first-order valence-electron chi connectivity index (χ1n) is 9.08. The summed E-state index contributed by atoms with van der Waals surface area (Å²) in [5.74, 6) is 1.58. The van der Waals surface area contributed by atoms with E-state index < -0.39 is 5.91 Å². The molecular formula is C23H16Cl2N2O2. The number of rotatable bonds is 5. The number of nitriles is 1. The molecule has 6 heteroatoms. The summed E-state index contributed by atoms with van der Waals surface area (Å²) in [5, 5.41) is 12.7. The second-order valence-corrected chi connectivity index (χ2v) is 7.67. The molecule has 144 valence electrons. The van der Waals surface area contributed by atoms with Gasteiger partial charge in [0.25, 0.3) is 5.91 Å².